The van der Waals surface area contributed by atoms with E-state index in [9.17, 15) is 4.79 Å². The van der Waals surface area contributed by atoms with Gasteiger partial charge in [0.05, 0.1) is 4.47 Å². The number of hydrogen-bond donors (Lipinski definition) is 0. The van der Waals surface area contributed by atoms with Crippen LogP contribution in [0.4, 0.5) is 0 Å². The van der Waals surface area contributed by atoms with Crippen LogP contribution in [-0.4, -0.2) is 18.2 Å². The Morgan fingerprint density at radius 2 is 1.85 bits per heavy atom. The van der Waals surface area contributed by atoms with E-state index in [2.05, 4.69) is 15.9 Å². The SMILES string of the molecule is CC(C)(C)OC(=O)COc1ccc2ccccc2c1Br. The smallest absolute Gasteiger partial charge is 0.344 e. The maximum atomic E-state index is 11.6. The molecule has 0 aliphatic carbocycles. The van der Waals surface area contributed by atoms with Crippen LogP contribution in [0, 0.1) is 0 Å². The Balaban J connectivity index is 2.11. The van der Waals surface area contributed by atoms with Gasteiger partial charge in [-0.15, -0.1) is 0 Å². The van der Waals surface area contributed by atoms with Crippen molar-refractivity contribution in [3.05, 3.63) is 40.9 Å². The molecule has 0 N–H and O–H groups in total. The largest absolute Gasteiger partial charge is 0.481 e. The first-order valence-electron chi connectivity index (χ1n) is 6.39. The minimum Gasteiger partial charge on any atom is -0.481 e. The van der Waals surface area contributed by atoms with Gasteiger partial charge >= 0.3 is 5.97 Å². The summed E-state index contributed by atoms with van der Waals surface area (Å²) in [4.78, 5) is 11.6. The molecule has 0 fully saturated rings. The summed E-state index contributed by atoms with van der Waals surface area (Å²) in [6.07, 6.45) is 0. The second kappa shape index (κ2) is 5.83. The Labute approximate surface area is 127 Å². The monoisotopic (exact) mass is 336 g/mol. The molecule has 0 aromatic heterocycles. The molecule has 3 nitrogen and oxygen atoms in total. The van der Waals surface area contributed by atoms with Crippen LogP contribution >= 0.6 is 15.9 Å². The molecule has 0 atom stereocenters. The summed E-state index contributed by atoms with van der Waals surface area (Å²) < 4.78 is 11.6. The maximum Gasteiger partial charge on any atom is 0.344 e. The molecule has 0 unspecified atom stereocenters. The molecule has 0 spiro atoms. The number of esters is 1. The van der Waals surface area contributed by atoms with Crippen molar-refractivity contribution in [1.29, 1.82) is 0 Å². The lowest BCUT2D eigenvalue weighted by atomic mass is 10.1. The van der Waals surface area contributed by atoms with Gasteiger partial charge in [-0.1, -0.05) is 30.3 Å². The number of carbonyl (C=O) groups is 1. The van der Waals surface area contributed by atoms with Crippen molar-refractivity contribution in [3.63, 3.8) is 0 Å². The van der Waals surface area contributed by atoms with Crippen LogP contribution in [-0.2, 0) is 9.53 Å². The van der Waals surface area contributed by atoms with Crippen LogP contribution in [0.5, 0.6) is 5.75 Å². The first kappa shape index (κ1) is 14.9. The van der Waals surface area contributed by atoms with Crippen LogP contribution in [0.15, 0.2) is 40.9 Å². The van der Waals surface area contributed by atoms with E-state index >= 15 is 0 Å². The van der Waals surface area contributed by atoms with Gasteiger partial charge < -0.3 is 9.47 Å². The molecule has 4 heteroatoms. The van der Waals surface area contributed by atoms with Crippen molar-refractivity contribution in [2.24, 2.45) is 0 Å². The van der Waals surface area contributed by atoms with Gasteiger partial charge in [-0.3, -0.25) is 0 Å². The fourth-order valence-electron chi connectivity index (χ4n) is 1.83. The van der Waals surface area contributed by atoms with Gasteiger partial charge in [0, 0.05) is 0 Å². The van der Waals surface area contributed by atoms with Crippen LogP contribution in [0.3, 0.4) is 0 Å². The molecule has 0 radical (unpaired) electrons. The van der Waals surface area contributed by atoms with Crippen LogP contribution in [0.25, 0.3) is 10.8 Å². The summed E-state index contributed by atoms with van der Waals surface area (Å²) in [5.41, 5.74) is -0.499. The first-order chi connectivity index (χ1) is 9.37. The Bertz CT molecular complexity index is 629. The summed E-state index contributed by atoms with van der Waals surface area (Å²) in [5.74, 6) is 0.257. The highest BCUT2D eigenvalue weighted by atomic mass is 79.9. The highest BCUT2D eigenvalue weighted by Crippen LogP contribution is 2.33. The van der Waals surface area contributed by atoms with Crippen LogP contribution < -0.4 is 4.74 Å². The number of benzene rings is 2. The number of carbonyl (C=O) groups excluding carboxylic acids is 1. The zero-order chi connectivity index (χ0) is 14.8. The van der Waals surface area contributed by atoms with E-state index < -0.39 is 5.60 Å². The van der Waals surface area contributed by atoms with Gasteiger partial charge in [-0.25, -0.2) is 4.79 Å². The van der Waals surface area contributed by atoms with E-state index in [1.807, 2.05) is 57.2 Å². The van der Waals surface area contributed by atoms with E-state index in [0.717, 1.165) is 15.2 Å². The molecule has 0 saturated carbocycles. The molecule has 0 aliphatic heterocycles. The van der Waals surface area contributed by atoms with E-state index in [4.69, 9.17) is 9.47 Å². The average Bonchev–Trinajstić information content (AvgIpc) is 2.36. The Hall–Kier alpha value is -1.55. The topological polar surface area (TPSA) is 35.5 Å². The third-order valence-corrected chi connectivity index (χ3v) is 3.41. The first-order valence-corrected chi connectivity index (χ1v) is 7.18. The quantitative estimate of drug-likeness (QED) is 0.783. The lowest BCUT2D eigenvalue weighted by molar-refractivity contribution is -0.157. The fourth-order valence-corrected chi connectivity index (χ4v) is 2.44. The number of rotatable bonds is 3. The summed E-state index contributed by atoms with van der Waals surface area (Å²) in [6.45, 7) is 5.39. The zero-order valence-electron chi connectivity index (χ0n) is 11.8. The van der Waals surface area contributed by atoms with Crippen molar-refractivity contribution >= 4 is 32.7 Å². The van der Waals surface area contributed by atoms with E-state index in [0.29, 0.717) is 5.75 Å². The normalized spacial score (nSPS) is 11.4. The van der Waals surface area contributed by atoms with Crippen LogP contribution in [0.2, 0.25) is 0 Å². The molecular weight excluding hydrogens is 320 g/mol. The maximum absolute atomic E-state index is 11.6. The molecule has 0 bridgehead atoms. The van der Waals surface area contributed by atoms with Crippen molar-refractivity contribution in [2.45, 2.75) is 26.4 Å². The molecule has 2 aromatic rings. The Morgan fingerprint density at radius 3 is 2.55 bits per heavy atom. The van der Waals surface area contributed by atoms with Gasteiger partial charge in [0.1, 0.15) is 11.4 Å². The molecule has 106 valence electrons. The number of ether oxygens (including phenoxy) is 2. The molecule has 20 heavy (non-hydrogen) atoms. The Kier molecular flexibility index (Phi) is 4.33. The van der Waals surface area contributed by atoms with Gasteiger partial charge in [0.15, 0.2) is 6.61 Å². The van der Waals surface area contributed by atoms with Crippen molar-refractivity contribution < 1.29 is 14.3 Å². The third-order valence-electron chi connectivity index (χ3n) is 2.59. The lowest BCUT2D eigenvalue weighted by Crippen LogP contribution is -2.27. The molecule has 0 saturated heterocycles. The van der Waals surface area contributed by atoms with Gasteiger partial charge in [0.25, 0.3) is 0 Å². The van der Waals surface area contributed by atoms with E-state index in [-0.39, 0.29) is 12.6 Å². The molecular formula is C16H17BrO3. The highest BCUT2D eigenvalue weighted by Gasteiger charge is 2.17. The highest BCUT2D eigenvalue weighted by molar-refractivity contribution is 9.10. The second-order valence-corrected chi connectivity index (χ2v) is 6.27. The van der Waals surface area contributed by atoms with Crippen molar-refractivity contribution in [3.8, 4) is 5.75 Å². The number of fused-ring (bicyclic) bond motifs is 1. The number of hydrogen-bond acceptors (Lipinski definition) is 3. The number of halogens is 1. The molecule has 0 amide bonds. The molecule has 2 aromatic carbocycles. The minimum absolute atomic E-state index is 0.103. The van der Waals surface area contributed by atoms with Crippen molar-refractivity contribution in [2.75, 3.05) is 6.61 Å². The fraction of sp³-hybridized carbons (Fsp3) is 0.312. The predicted octanol–water partition coefficient (Wildman–Crippen LogP) is 4.32. The van der Waals surface area contributed by atoms with E-state index in [1.54, 1.807) is 0 Å². The second-order valence-electron chi connectivity index (χ2n) is 5.47. The van der Waals surface area contributed by atoms with Crippen molar-refractivity contribution in [1.82, 2.24) is 0 Å². The van der Waals surface area contributed by atoms with Gasteiger partial charge in [-0.2, -0.15) is 0 Å². The molecule has 0 aliphatic rings. The minimum atomic E-state index is -0.499. The summed E-state index contributed by atoms with van der Waals surface area (Å²) in [6, 6.07) is 11.8. The molecule has 2 rings (SSSR count). The zero-order valence-corrected chi connectivity index (χ0v) is 13.4. The average molecular weight is 337 g/mol. The lowest BCUT2D eigenvalue weighted by Gasteiger charge is -2.19. The Morgan fingerprint density at radius 1 is 1.15 bits per heavy atom. The molecule has 0 heterocycles. The van der Waals surface area contributed by atoms with Gasteiger partial charge in [-0.05, 0) is 53.5 Å². The summed E-state index contributed by atoms with van der Waals surface area (Å²) >= 11 is 3.52. The predicted molar refractivity (Wildman–Crippen MR) is 83.0 cm³/mol. The van der Waals surface area contributed by atoms with E-state index in [1.165, 1.54) is 0 Å². The third kappa shape index (κ3) is 3.73. The summed E-state index contributed by atoms with van der Waals surface area (Å²) in [5, 5.41) is 2.16. The standard InChI is InChI=1S/C16H17BrO3/c1-16(2,3)20-14(18)10-19-13-9-8-11-6-4-5-7-12(11)15(13)17/h4-9H,10H2,1-3H3. The van der Waals surface area contributed by atoms with Crippen LogP contribution in [0.1, 0.15) is 20.8 Å². The van der Waals surface area contributed by atoms with Gasteiger partial charge in [0.2, 0.25) is 0 Å². The summed E-state index contributed by atoms with van der Waals surface area (Å²) in [7, 11) is 0.